The summed E-state index contributed by atoms with van der Waals surface area (Å²) < 4.78 is 6.39. The van der Waals surface area contributed by atoms with Crippen molar-refractivity contribution in [1.82, 2.24) is 0 Å². The third-order valence-corrected chi connectivity index (χ3v) is 11.7. The van der Waals surface area contributed by atoms with Gasteiger partial charge in [-0.15, -0.1) is 0 Å². The molecule has 5 aromatic rings. The molecule has 1 heterocycles. The van der Waals surface area contributed by atoms with E-state index < -0.39 is 7.92 Å². The van der Waals surface area contributed by atoms with Gasteiger partial charge in [0.1, 0.15) is 12.6 Å². The second-order valence-electron chi connectivity index (χ2n) is 11.4. The fraction of sp³-hybridized carbons (Fsp3) is 0.184. The van der Waals surface area contributed by atoms with Crippen molar-refractivity contribution in [2.24, 2.45) is 4.99 Å². The molecule has 8 rings (SSSR count). The lowest BCUT2D eigenvalue weighted by atomic mass is 9.74. The van der Waals surface area contributed by atoms with Crippen LogP contribution in [-0.4, -0.2) is 12.5 Å². The Balaban J connectivity index is 1.30. The summed E-state index contributed by atoms with van der Waals surface area (Å²) in [6.45, 7) is 0.602. The van der Waals surface area contributed by atoms with Crippen molar-refractivity contribution in [3.63, 3.8) is 0 Å². The minimum absolute atomic E-state index is 0.0152. The maximum Gasteiger partial charge on any atom is 0.217 e. The van der Waals surface area contributed by atoms with Gasteiger partial charge in [0.05, 0.1) is 0 Å². The molecule has 5 aromatic carbocycles. The molecule has 1 aliphatic heterocycles. The lowest BCUT2D eigenvalue weighted by Crippen LogP contribution is -2.32. The molecule has 0 saturated carbocycles. The lowest BCUT2D eigenvalue weighted by Gasteiger charge is -2.33. The van der Waals surface area contributed by atoms with Crippen LogP contribution < -0.4 is 15.9 Å². The molecule has 3 heteroatoms. The molecule has 0 amide bonds. The SMILES string of the molecule is c1ccc([C@H]2COC(c3cccc4c3[C@]3(CC4)CCc4cccc(P(c5ccccc5)c5ccccc5)c43)=N2)cc1. The zero-order valence-electron chi connectivity index (χ0n) is 23.0. The van der Waals surface area contributed by atoms with Crippen LogP contribution in [0.5, 0.6) is 0 Å². The predicted molar refractivity (Wildman–Crippen MR) is 171 cm³/mol. The van der Waals surface area contributed by atoms with E-state index in [1.807, 2.05) is 0 Å². The Morgan fingerprint density at radius 3 is 1.85 bits per heavy atom. The van der Waals surface area contributed by atoms with E-state index in [9.17, 15) is 0 Å². The number of benzene rings is 5. The minimum atomic E-state index is -0.699. The fourth-order valence-electron chi connectivity index (χ4n) is 7.48. The summed E-state index contributed by atoms with van der Waals surface area (Å²) in [6, 6.07) is 46.8. The van der Waals surface area contributed by atoms with Gasteiger partial charge in [0.15, 0.2) is 0 Å². The van der Waals surface area contributed by atoms with E-state index in [0.717, 1.165) is 31.6 Å². The van der Waals surface area contributed by atoms with E-state index in [2.05, 4.69) is 127 Å². The quantitative estimate of drug-likeness (QED) is 0.214. The summed E-state index contributed by atoms with van der Waals surface area (Å²) in [5.74, 6) is 0.816. The van der Waals surface area contributed by atoms with Gasteiger partial charge >= 0.3 is 0 Å². The van der Waals surface area contributed by atoms with E-state index >= 15 is 0 Å². The summed E-state index contributed by atoms with van der Waals surface area (Å²) in [4.78, 5) is 5.17. The molecule has 0 aromatic heterocycles. The number of fused-ring (bicyclic) bond motifs is 4. The molecule has 200 valence electrons. The highest BCUT2D eigenvalue weighted by atomic mass is 31.1. The smallest absolute Gasteiger partial charge is 0.217 e. The van der Waals surface area contributed by atoms with Gasteiger partial charge in [0.2, 0.25) is 5.90 Å². The van der Waals surface area contributed by atoms with E-state index in [4.69, 9.17) is 9.73 Å². The number of rotatable bonds is 5. The number of hydrogen-bond donors (Lipinski definition) is 0. The molecule has 41 heavy (non-hydrogen) atoms. The molecular weight excluding hydrogens is 517 g/mol. The Labute approximate surface area is 243 Å². The minimum Gasteiger partial charge on any atom is -0.475 e. The molecule has 0 radical (unpaired) electrons. The largest absolute Gasteiger partial charge is 0.475 e. The van der Waals surface area contributed by atoms with Crippen molar-refractivity contribution < 1.29 is 4.74 Å². The number of aliphatic imine (C=N–C) groups is 1. The van der Waals surface area contributed by atoms with Crippen molar-refractivity contribution in [1.29, 1.82) is 0 Å². The van der Waals surface area contributed by atoms with Crippen LogP contribution in [0.15, 0.2) is 132 Å². The van der Waals surface area contributed by atoms with Crippen LogP contribution in [0.4, 0.5) is 0 Å². The van der Waals surface area contributed by atoms with Gasteiger partial charge in [-0.1, -0.05) is 121 Å². The third-order valence-electron chi connectivity index (χ3n) is 9.21. The first-order valence-corrected chi connectivity index (χ1v) is 16.1. The van der Waals surface area contributed by atoms with Crippen LogP contribution in [0, 0.1) is 0 Å². The summed E-state index contributed by atoms with van der Waals surface area (Å²) in [7, 11) is -0.699. The zero-order chi connectivity index (χ0) is 27.2. The average Bonchev–Trinajstić information content (AvgIpc) is 3.78. The van der Waals surface area contributed by atoms with Crippen LogP contribution in [0.1, 0.15) is 52.3 Å². The van der Waals surface area contributed by atoms with Crippen LogP contribution in [0.25, 0.3) is 0 Å². The standard InChI is InChI=1S/C38H32NOP/c1-4-12-27(13-5-1)33-26-40-37(39-33)32-20-10-14-28-22-24-38(35(28)32)25-23-29-15-11-21-34(36(29)38)41(30-16-6-2-7-17-30)31-18-8-3-9-19-31/h1-21,33H,22-26H2/t33-,38+/m1/s1. The van der Waals surface area contributed by atoms with Gasteiger partial charge in [-0.25, -0.2) is 4.99 Å². The normalized spacial score (nSPS) is 20.6. The topological polar surface area (TPSA) is 21.6 Å². The highest BCUT2D eigenvalue weighted by Crippen LogP contribution is 2.55. The Kier molecular flexibility index (Phi) is 6.12. The highest BCUT2D eigenvalue weighted by Gasteiger charge is 2.49. The summed E-state index contributed by atoms with van der Waals surface area (Å²) >= 11 is 0. The summed E-state index contributed by atoms with van der Waals surface area (Å²) in [6.07, 6.45) is 4.50. The van der Waals surface area contributed by atoms with E-state index in [1.54, 1.807) is 5.56 Å². The third kappa shape index (κ3) is 4.08. The molecule has 0 unspecified atom stereocenters. The first-order valence-electron chi connectivity index (χ1n) is 14.7. The van der Waals surface area contributed by atoms with Crippen LogP contribution >= 0.6 is 7.92 Å². The predicted octanol–water partition coefficient (Wildman–Crippen LogP) is 7.14. The van der Waals surface area contributed by atoms with Crippen molar-refractivity contribution in [2.75, 3.05) is 6.61 Å². The first-order chi connectivity index (χ1) is 20.3. The molecule has 2 atom stereocenters. The van der Waals surface area contributed by atoms with Crippen molar-refractivity contribution >= 4 is 29.7 Å². The molecule has 0 N–H and O–H groups in total. The Bertz CT molecular complexity index is 1700. The zero-order valence-corrected chi connectivity index (χ0v) is 23.9. The molecule has 3 aliphatic rings. The van der Waals surface area contributed by atoms with Gasteiger partial charge in [-0.2, -0.15) is 0 Å². The Hall–Kier alpha value is -4.00. The van der Waals surface area contributed by atoms with Crippen LogP contribution in [-0.2, 0) is 23.0 Å². The number of aryl methyl sites for hydroxylation is 2. The summed E-state index contributed by atoms with van der Waals surface area (Å²) in [5.41, 5.74) is 8.42. The average molecular weight is 550 g/mol. The van der Waals surface area contributed by atoms with Crippen LogP contribution in [0.2, 0.25) is 0 Å². The molecule has 2 nitrogen and oxygen atoms in total. The van der Waals surface area contributed by atoms with Crippen molar-refractivity contribution in [3.05, 3.63) is 161 Å². The fourth-order valence-corrected chi connectivity index (χ4v) is 10.1. The number of hydrogen-bond acceptors (Lipinski definition) is 2. The Morgan fingerprint density at radius 1 is 0.610 bits per heavy atom. The van der Waals surface area contributed by atoms with E-state index in [-0.39, 0.29) is 11.5 Å². The second kappa shape index (κ2) is 10.1. The highest BCUT2D eigenvalue weighted by molar-refractivity contribution is 7.79. The molecule has 0 fully saturated rings. The van der Waals surface area contributed by atoms with E-state index in [1.165, 1.54) is 43.7 Å². The van der Waals surface area contributed by atoms with Gasteiger partial charge in [-0.05, 0) is 83.4 Å². The molecule has 0 saturated heterocycles. The van der Waals surface area contributed by atoms with Gasteiger partial charge in [-0.3, -0.25) is 0 Å². The van der Waals surface area contributed by atoms with Crippen molar-refractivity contribution in [3.8, 4) is 0 Å². The van der Waals surface area contributed by atoms with Gasteiger partial charge < -0.3 is 4.74 Å². The van der Waals surface area contributed by atoms with Gasteiger partial charge in [0.25, 0.3) is 0 Å². The monoisotopic (exact) mass is 549 g/mol. The molecule has 0 bridgehead atoms. The number of nitrogens with zero attached hydrogens (tertiary/aromatic N) is 1. The lowest BCUT2D eigenvalue weighted by molar-refractivity contribution is 0.319. The molecule has 2 aliphatic carbocycles. The first kappa shape index (κ1) is 24.8. The Morgan fingerprint density at radius 2 is 1.20 bits per heavy atom. The van der Waals surface area contributed by atoms with Crippen LogP contribution in [0.3, 0.4) is 0 Å². The van der Waals surface area contributed by atoms with Crippen molar-refractivity contribution in [2.45, 2.75) is 37.1 Å². The maximum atomic E-state index is 6.39. The molecule has 1 spiro atoms. The van der Waals surface area contributed by atoms with Gasteiger partial charge in [0, 0.05) is 11.0 Å². The summed E-state index contributed by atoms with van der Waals surface area (Å²) in [5, 5.41) is 4.32. The maximum absolute atomic E-state index is 6.39. The molecular formula is C38H32NOP. The number of ether oxygens (including phenoxy) is 1. The van der Waals surface area contributed by atoms with E-state index in [0.29, 0.717) is 6.61 Å². The second-order valence-corrected chi connectivity index (χ2v) is 13.6.